The van der Waals surface area contributed by atoms with Crippen LogP contribution in [0.15, 0.2) is 5.38 Å². The number of thiazole rings is 1. The Kier molecular flexibility index (Phi) is 3.76. The van der Waals surface area contributed by atoms with Gasteiger partial charge >= 0.3 is 0 Å². The van der Waals surface area contributed by atoms with Gasteiger partial charge in [-0.15, -0.1) is 11.3 Å². The molecule has 1 aliphatic carbocycles. The van der Waals surface area contributed by atoms with Gasteiger partial charge < -0.3 is 5.32 Å². The average molecular weight is 224 g/mol. The van der Waals surface area contributed by atoms with Crippen molar-refractivity contribution in [2.24, 2.45) is 5.92 Å². The van der Waals surface area contributed by atoms with Crippen molar-refractivity contribution < 1.29 is 0 Å². The van der Waals surface area contributed by atoms with Gasteiger partial charge in [0.1, 0.15) is 0 Å². The SMILES string of the molecule is Cc1nc(CNC2CCC(C)CC2)cs1. The van der Waals surface area contributed by atoms with Gasteiger partial charge in [-0.25, -0.2) is 4.98 Å². The highest BCUT2D eigenvalue weighted by atomic mass is 32.1. The number of nitrogens with zero attached hydrogens (tertiary/aromatic N) is 1. The average Bonchev–Trinajstić information content (AvgIpc) is 2.64. The summed E-state index contributed by atoms with van der Waals surface area (Å²) in [5.74, 6) is 0.935. The van der Waals surface area contributed by atoms with Crippen LogP contribution in [0.2, 0.25) is 0 Å². The molecule has 1 aromatic heterocycles. The van der Waals surface area contributed by atoms with Crippen molar-refractivity contribution in [1.82, 2.24) is 10.3 Å². The molecule has 1 saturated carbocycles. The number of rotatable bonds is 3. The number of nitrogens with one attached hydrogen (secondary N) is 1. The first kappa shape index (κ1) is 11.1. The lowest BCUT2D eigenvalue weighted by atomic mass is 9.87. The number of hydrogen-bond acceptors (Lipinski definition) is 3. The molecule has 1 aromatic rings. The van der Waals surface area contributed by atoms with Crippen LogP contribution in [0.25, 0.3) is 0 Å². The van der Waals surface area contributed by atoms with Crippen LogP contribution >= 0.6 is 11.3 Å². The largest absolute Gasteiger partial charge is 0.308 e. The molecule has 1 N–H and O–H groups in total. The molecule has 1 fully saturated rings. The van der Waals surface area contributed by atoms with E-state index in [-0.39, 0.29) is 0 Å². The maximum atomic E-state index is 4.47. The molecule has 2 rings (SSSR count). The summed E-state index contributed by atoms with van der Waals surface area (Å²) in [7, 11) is 0. The third-order valence-electron chi connectivity index (χ3n) is 3.25. The van der Waals surface area contributed by atoms with E-state index in [1.54, 1.807) is 11.3 Å². The summed E-state index contributed by atoms with van der Waals surface area (Å²) in [5, 5.41) is 6.95. The molecule has 0 amide bonds. The van der Waals surface area contributed by atoms with E-state index >= 15 is 0 Å². The van der Waals surface area contributed by atoms with Crippen molar-refractivity contribution in [2.75, 3.05) is 0 Å². The summed E-state index contributed by atoms with van der Waals surface area (Å²) in [6.45, 7) is 5.37. The van der Waals surface area contributed by atoms with Gasteiger partial charge in [-0.1, -0.05) is 6.92 Å². The Labute approximate surface area is 96.1 Å². The minimum atomic E-state index is 0.725. The molecule has 2 nitrogen and oxygen atoms in total. The monoisotopic (exact) mass is 224 g/mol. The Hall–Kier alpha value is -0.410. The second-order valence-electron chi connectivity index (χ2n) is 4.70. The lowest BCUT2D eigenvalue weighted by Crippen LogP contribution is -2.32. The van der Waals surface area contributed by atoms with Crippen LogP contribution in [0, 0.1) is 12.8 Å². The predicted molar refractivity (Wildman–Crippen MR) is 65.1 cm³/mol. The van der Waals surface area contributed by atoms with Crippen LogP contribution < -0.4 is 5.32 Å². The summed E-state index contributed by atoms with van der Waals surface area (Å²) in [6.07, 6.45) is 5.44. The smallest absolute Gasteiger partial charge is 0.0897 e. The Morgan fingerprint density at radius 3 is 2.73 bits per heavy atom. The number of aromatic nitrogens is 1. The Bertz CT molecular complexity index is 300. The Morgan fingerprint density at radius 2 is 2.13 bits per heavy atom. The van der Waals surface area contributed by atoms with Crippen LogP contribution in [0.3, 0.4) is 0 Å². The van der Waals surface area contributed by atoms with Gasteiger partial charge in [0.15, 0.2) is 0 Å². The van der Waals surface area contributed by atoms with E-state index in [0.717, 1.165) is 18.5 Å². The zero-order valence-corrected chi connectivity index (χ0v) is 10.4. The Balaban J connectivity index is 1.74. The summed E-state index contributed by atoms with van der Waals surface area (Å²) >= 11 is 1.74. The molecule has 0 spiro atoms. The molecular formula is C12H20N2S. The van der Waals surface area contributed by atoms with Crippen molar-refractivity contribution >= 4 is 11.3 Å². The second kappa shape index (κ2) is 5.08. The quantitative estimate of drug-likeness (QED) is 0.853. The van der Waals surface area contributed by atoms with Crippen molar-refractivity contribution in [3.8, 4) is 0 Å². The third kappa shape index (κ3) is 3.28. The van der Waals surface area contributed by atoms with Gasteiger partial charge in [0.25, 0.3) is 0 Å². The van der Waals surface area contributed by atoms with Gasteiger partial charge in [0.2, 0.25) is 0 Å². The molecule has 84 valence electrons. The van der Waals surface area contributed by atoms with Crippen LogP contribution in [0.5, 0.6) is 0 Å². The van der Waals surface area contributed by atoms with E-state index in [9.17, 15) is 0 Å². The number of hydrogen-bond donors (Lipinski definition) is 1. The second-order valence-corrected chi connectivity index (χ2v) is 5.76. The molecule has 0 unspecified atom stereocenters. The van der Waals surface area contributed by atoms with Gasteiger partial charge in [-0.05, 0) is 38.5 Å². The molecule has 15 heavy (non-hydrogen) atoms. The van der Waals surface area contributed by atoms with E-state index in [1.165, 1.54) is 36.4 Å². The van der Waals surface area contributed by atoms with Crippen LogP contribution in [-0.4, -0.2) is 11.0 Å². The fourth-order valence-corrected chi connectivity index (χ4v) is 2.82. The molecule has 0 radical (unpaired) electrons. The van der Waals surface area contributed by atoms with Gasteiger partial charge in [-0.2, -0.15) is 0 Å². The first-order chi connectivity index (χ1) is 7.24. The lowest BCUT2D eigenvalue weighted by Gasteiger charge is -2.26. The molecule has 0 bridgehead atoms. The van der Waals surface area contributed by atoms with Crippen molar-refractivity contribution in [2.45, 2.75) is 52.1 Å². The fraction of sp³-hybridized carbons (Fsp3) is 0.750. The standard InChI is InChI=1S/C12H20N2S/c1-9-3-5-11(6-4-9)13-7-12-8-15-10(2)14-12/h8-9,11,13H,3-7H2,1-2H3. The molecular weight excluding hydrogens is 204 g/mol. The van der Waals surface area contributed by atoms with Crippen molar-refractivity contribution in [1.29, 1.82) is 0 Å². The normalized spacial score (nSPS) is 26.8. The van der Waals surface area contributed by atoms with Crippen LogP contribution in [-0.2, 0) is 6.54 Å². The molecule has 1 aliphatic rings. The van der Waals surface area contributed by atoms with E-state index < -0.39 is 0 Å². The zero-order chi connectivity index (χ0) is 10.7. The minimum Gasteiger partial charge on any atom is -0.308 e. The lowest BCUT2D eigenvalue weighted by molar-refractivity contribution is 0.306. The first-order valence-electron chi connectivity index (χ1n) is 5.88. The van der Waals surface area contributed by atoms with Gasteiger partial charge in [0.05, 0.1) is 10.7 Å². The van der Waals surface area contributed by atoms with Crippen molar-refractivity contribution in [3.63, 3.8) is 0 Å². The van der Waals surface area contributed by atoms with Crippen LogP contribution in [0.1, 0.15) is 43.3 Å². The van der Waals surface area contributed by atoms with Gasteiger partial charge in [-0.3, -0.25) is 0 Å². The van der Waals surface area contributed by atoms with E-state index in [4.69, 9.17) is 0 Å². The molecule has 0 aliphatic heterocycles. The molecule has 0 atom stereocenters. The molecule has 1 heterocycles. The Morgan fingerprint density at radius 1 is 1.40 bits per heavy atom. The van der Waals surface area contributed by atoms with E-state index in [0.29, 0.717) is 0 Å². The minimum absolute atomic E-state index is 0.725. The molecule has 3 heteroatoms. The highest BCUT2D eigenvalue weighted by molar-refractivity contribution is 7.09. The first-order valence-corrected chi connectivity index (χ1v) is 6.76. The maximum absolute atomic E-state index is 4.47. The molecule has 0 saturated heterocycles. The highest BCUT2D eigenvalue weighted by Crippen LogP contribution is 2.23. The summed E-state index contributed by atoms with van der Waals surface area (Å²) in [4.78, 5) is 4.47. The van der Waals surface area contributed by atoms with E-state index in [1.807, 2.05) is 0 Å². The maximum Gasteiger partial charge on any atom is 0.0897 e. The predicted octanol–water partition coefficient (Wildman–Crippen LogP) is 3.12. The van der Waals surface area contributed by atoms with Crippen molar-refractivity contribution in [3.05, 3.63) is 16.1 Å². The fourth-order valence-electron chi connectivity index (χ4n) is 2.20. The summed E-state index contributed by atoms with van der Waals surface area (Å²) in [6, 6.07) is 0.725. The highest BCUT2D eigenvalue weighted by Gasteiger charge is 2.17. The third-order valence-corrected chi connectivity index (χ3v) is 4.08. The van der Waals surface area contributed by atoms with Crippen LogP contribution in [0.4, 0.5) is 0 Å². The van der Waals surface area contributed by atoms with E-state index in [2.05, 4.69) is 29.5 Å². The molecule has 0 aromatic carbocycles. The topological polar surface area (TPSA) is 24.9 Å². The van der Waals surface area contributed by atoms with Gasteiger partial charge in [0, 0.05) is 18.0 Å². The summed E-state index contributed by atoms with van der Waals surface area (Å²) < 4.78 is 0. The zero-order valence-electron chi connectivity index (χ0n) is 9.62. The number of aryl methyl sites for hydroxylation is 1. The summed E-state index contributed by atoms with van der Waals surface area (Å²) in [5.41, 5.74) is 1.20.